The summed E-state index contributed by atoms with van der Waals surface area (Å²) in [6.45, 7) is 4.66. The lowest BCUT2D eigenvalue weighted by atomic mass is 9.90. The smallest absolute Gasteiger partial charge is 0.257 e. The monoisotopic (exact) mass is 309 g/mol. The third-order valence-corrected chi connectivity index (χ3v) is 4.56. The molecule has 1 unspecified atom stereocenters. The minimum Gasteiger partial charge on any atom is -0.396 e. The summed E-state index contributed by atoms with van der Waals surface area (Å²) < 4.78 is 5.17. The molecule has 0 saturated heterocycles. The van der Waals surface area contributed by atoms with Gasteiger partial charge in [-0.05, 0) is 29.7 Å². The summed E-state index contributed by atoms with van der Waals surface area (Å²) in [7, 11) is 0. The van der Waals surface area contributed by atoms with E-state index >= 15 is 0 Å². The standard InChI is InChI=1S/C18H19N3O2/c1-12-17-6-13(7-19-18(17)23-20-12)8-21-9-14-4-2-3-5-16(14)15(10-21)11-22/h2-7,15,22H,8-11H2,1H3. The van der Waals surface area contributed by atoms with Crippen molar-refractivity contribution in [3.63, 3.8) is 0 Å². The summed E-state index contributed by atoms with van der Waals surface area (Å²) in [6, 6.07) is 10.5. The zero-order valence-corrected chi connectivity index (χ0v) is 13.1. The van der Waals surface area contributed by atoms with Gasteiger partial charge in [0, 0.05) is 31.7 Å². The number of aryl methyl sites for hydroxylation is 1. The Balaban J connectivity index is 1.60. The highest BCUT2D eigenvalue weighted by Crippen LogP contribution is 2.29. The molecule has 0 bridgehead atoms. The molecule has 1 aliphatic heterocycles. The summed E-state index contributed by atoms with van der Waals surface area (Å²) in [5.41, 5.74) is 5.16. The first-order valence-electron chi connectivity index (χ1n) is 7.86. The fraction of sp³-hybridized carbons (Fsp3) is 0.333. The van der Waals surface area contributed by atoms with Gasteiger partial charge in [-0.3, -0.25) is 4.90 Å². The molecule has 0 aliphatic carbocycles. The second-order valence-electron chi connectivity index (χ2n) is 6.21. The van der Waals surface area contributed by atoms with Crippen molar-refractivity contribution >= 4 is 11.1 Å². The first kappa shape index (κ1) is 14.4. The third kappa shape index (κ3) is 2.62. The minimum absolute atomic E-state index is 0.175. The van der Waals surface area contributed by atoms with Gasteiger partial charge < -0.3 is 9.63 Å². The van der Waals surface area contributed by atoms with Crippen LogP contribution in [-0.2, 0) is 13.1 Å². The van der Waals surface area contributed by atoms with Crippen molar-refractivity contribution in [1.82, 2.24) is 15.0 Å². The predicted octanol–water partition coefficient (Wildman–Crippen LogP) is 2.62. The molecule has 2 aromatic heterocycles. The molecule has 3 heterocycles. The largest absolute Gasteiger partial charge is 0.396 e. The molecule has 23 heavy (non-hydrogen) atoms. The van der Waals surface area contributed by atoms with Gasteiger partial charge in [0.1, 0.15) is 0 Å². The van der Waals surface area contributed by atoms with Crippen LogP contribution in [0.4, 0.5) is 0 Å². The number of pyridine rings is 1. The Morgan fingerprint density at radius 2 is 2.22 bits per heavy atom. The van der Waals surface area contributed by atoms with E-state index in [0.717, 1.165) is 36.3 Å². The zero-order chi connectivity index (χ0) is 15.8. The Morgan fingerprint density at radius 3 is 3.09 bits per heavy atom. The van der Waals surface area contributed by atoms with Crippen molar-refractivity contribution < 1.29 is 9.63 Å². The molecule has 1 aromatic carbocycles. The maximum Gasteiger partial charge on any atom is 0.257 e. The fourth-order valence-corrected chi connectivity index (χ4v) is 3.40. The van der Waals surface area contributed by atoms with E-state index in [0.29, 0.717) is 5.71 Å². The number of hydrogen-bond acceptors (Lipinski definition) is 5. The number of aromatic nitrogens is 2. The molecular formula is C18H19N3O2. The van der Waals surface area contributed by atoms with Crippen LogP contribution in [0, 0.1) is 6.92 Å². The van der Waals surface area contributed by atoms with Crippen molar-refractivity contribution in [2.24, 2.45) is 0 Å². The third-order valence-electron chi connectivity index (χ3n) is 4.56. The lowest BCUT2D eigenvalue weighted by molar-refractivity contribution is 0.173. The number of hydrogen-bond donors (Lipinski definition) is 1. The number of fused-ring (bicyclic) bond motifs is 2. The molecule has 5 heteroatoms. The van der Waals surface area contributed by atoms with E-state index in [1.54, 1.807) is 0 Å². The Kier molecular flexibility index (Phi) is 3.59. The van der Waals surface area contributed by atoms with Crippen LogP contribution in [0.1, 0.15) is 28.3 Å². The molecule has 0 spiro atoms. The number of nitrogens with zero attached hydrogens (tertiary/aromatic N) is 3. The molecule has 3 aromatic rings. The fourth-order valence-electron chi connectivity index (χ4n) is 3.40. The van der Waals surface area contributed by atoms with Gasteiger partial charge in [0.15, 0.2) is 0 Å². The second-order valence-corrected chi connectivity index (χ2v) is 6.21. The first-order valence-corrected chi connectivity index (χ1v) is 7.86. The molecule has 0 amide bonds. The molecule has 1 atom stereocenters. The summed E-state index contributed by atoms with van der Waals surface area (Å²) in [5, 5.41) is 14.6. The van der Waals surface area contributed by atoms with Crippen LogP contribution in [0.5, 0.6) is 0 Å². The van der Waals surface area contributed by atoms with Gasteiger partial charge in [-0.25, -0.2) is 4.98 Å². The number of aliphatic hydroxyl groups excluding tert-OH is 1. The van der Waals surface area contributed by atoms with Crippen LogP contribution >= 0.6 is 0 Å². The van der Waals surface area contributed by atoms with Crippen LogP contribution in [0.3, 0.4) is 0 Å². The average Bonchev–Trinajstić information content (AvgIpc) is 2.95. The highest BCUT2D eigenvalue weighted by atomic mass is 16.5. The average molecular weight is 309 g/mol. The first-order chi connectivity index (χ1) is 11.2. The minimum atomic E-state index is 0.175. The van der Waals surface area contributed by atoms with Gasteiger partial charge >= 0.3 is 0 Å². The number of aliphatic hydroxyl groups is 1. The summed E-state index contributed by atoms with van der Waals surface area (Å²) in [6.07, 6.45) is 1.85. The number of rotatable bonds is 3. The van der Waals surface area contributed by atoms with Crippen molar-refractivity contribution in [1.29, 1.82) is 0 Å². The molecule has 1 N–H and O–H groups in total. The molecule has 0 fully saturated rings. The van der Waals surface area contributed by atoms with Crippen LogP contribution in [-0.4, -0.2) is 33.3 Å². The highest BCUT2D eigenvalue weighted by molar-refractivity contribution is 5.75. The molecular weight excluding hydrogens is 290 g/mol. The van der Waals surface area contributed by atoms with Gasteiger partial charge in [0.2, 0.25) is 0 Å². The maximum absolute atomic E-state index is 9.71. The zero-order valence-electron chi connectivity index (χ0n) is 13.1. The second kappa shape index (κ2) is 5.76. The molecule has 118 valence electrons. The van der Waals surface area contributed by atoms with Crippen molar-refractivity contribution in [3.8, 4) is 0 Å². The summed E-state index contributed by atoms with van der Waals surface area (Å²) >= 11 is 0. The van der Waals surface area contributed by atoms with E-state index in [1.165, 1.54) is 11.1 Å². The normalized spacial score (nSPS) is 18.3. The molecule has 1 aliphatic rings. The molecule has 0 saturated carbocycles. The van der Waals surface area contributed by atoms with E-state index in [-0.39, 0.29) is 12.5 Å². The predicted molar refractivity (Wildman–Crippen MR) is 86.9 cm³/mol. The molecule has 5 nitrogen and oxygen atoms in total. The highest BCUT2D eigenvalue weighted by Gasteiger charge is 2.24. The Labute approximate surface area is 134 Å². The van der Waals surface area contributed by atoms with Gasteiger partial charge in [0.05, 0.1) is 17.7 Å². The van der Waals surface area contributed by atoms with Crippen LogP contribution in [0.15, 0.2) is 41.1 Å². The SMILES string of the molecule is Cc1noc2ncc(CN3Cc4ccccc4C(CO)C3)cc12. The van der Waals surface area contributed by atoms with E-state index in [4.69, 9.17) is 4.52 Å². The summed E-state index contributed by atoms with van der Waals surface area (Å²) in [4.78, 5) is 6.70. The maximum atomic E-state index is 9.71. The van der Waals surface area contributed by atoms with Crippen molar-refractivity contribution in [2.45, 2.75) is 25.9 Å². The Hall–Kier alpha value is -2.24. The van der Waals surface area contributed by atoms with Crippen LogP contribution in [0.2, 0.25) is 0 Å². The van der Waals surface area contributed by atoms with Crippen LogP contribution < -0.4 is 0 Å². The van der Waals surface area contributed by atoms with E-state index < -0.39 is 0 Å². The molecule has 0 radical (unpaired) electrons. The quantitative estimate of drug-likeness (QED) is 0.806. The Morgan fingerprint density at radius 1 is 1.35 bits per heavy atom. The van der Waals surface area contributed by atoms with E-state index in [1.807, 2.05) is 19.2 Å². The van der Waals surface area contributed by atoms with E-state index in [9.17, 15) is 5.11 Å². The van der Waals surface area contributed by atoms with Gasteiger partial charge in [-0.1, -0.05) is 29.4 Å². The van der Waals surface area contributed by atoms with Gasteiger partial charge in [-0.15, -0.1) is 0 Å². The summed E-state index contributed by atoms with van der Waals surface area (Å²) in [5.74, 6) is 0.175. The molecule has 4 rings (SSSR count). The number of benzene rings is 1. The topological polar surface area (TPSA) is 62.4 Å². The van der Waals surface area contributed by atoms with Crippen LogP contribution in [0.25, 0.3) is 11.1 Å². The van der Waals surface area contributed by atoms with Gasteiger partial charge in [-0.2, -0.15) is 0 Å². The lowest BCUT2D eigenvalue weighted by Crippen LogP contribution is -2.34. The Bertz CT molecular complexity index is 843. The van der Waals surface area contributed by atoms with Gasteiger partial charge in [0.25, 0.3) is 5.71 Å². The lowest BCUT2D eigenvalue weighted by Gasteiger charge is -2.33. The van der Waals surface area contributed by atoms with Crippen molar-refractivity contribution in [2.75, 3.05) is 13.2 Å². The van der Waals surface area contributed by atoms with E-state index in [2.05, 4.69) is 39.3 Å². The van der Waals surface area contributed by atoms with Crippen molar-refractivity contribution in [3.05, 3.63) is 58.9 Å².